The molecule has 2 aromatic rings. The molecule has 1 aromatic carbocycles. The first kappa shape index (κ1) is 13.3. The standard InChI is InChI=1S/C18H19N3O/c22-18(16-13-19-17-7-4-10-21(16)17)20-11-8-15(9-12-20)14-5-2-1-3-6-14/h1-3,5-6,8,13H,4,7,9-12H2. The highest BCUT2D eigenvalue weighted by atomic mass is 16.2. The molecule has 0 unspecified atom stereocenters. The van der Waals surface area contributed by atoms with Gasteiger partial charge in [0.15, 0.2) is 0 Å². The Bertz CT molecular complexity index is 730. The third-order valence-electron chi connectivity index (χ3n) is 4.58. The van der Waals surface area contributed by atoms with Gasteiger partial charge in [-0.25, -0.2) is 4.98 Å². The monoisotopic (exact) mass is 293 g/mol. The summed E-state index contributed by atoms with van der Waals surface area (Å²) in [7, 11) is 0. The number of imidazole rings is 1. The van der Waals surface area contributed by atoms with E-state index in [1.165, 1.54) is 11.1 Å². The van der Waals surface area contributed by atoms with Crippen LogP contribution >= 0.6 is 0 Å². The summed E-state index contributed by atoms with van der Waals surface area (Å²) in [4.78, 5) is 19.0. The first-order chi connectivity index (χ1) is 10.8. The smallest absolute Gasteiger partial charge is 0.272 e. The molecule has 4 heteroatoms. The number of aromatic nitrogens is 2. The fourth-order valence-electron chi connectivity index (χ4n) is 3.36. The average molecular weight is 293 g/mol. The van der Waals surface area contributed by atoms with Gasteiger partial charge >= 0.3 is 0 Å². The van der Waals surface area contributed by atoms with E-state index >= 15 is 0 Å². The number of carbonyl (C=O) groups excluding carboxylic acids is 1. The van der Waals surface area contributed by atoms with Gasteiger partial charge in [-0.3, -0.25) is 4.79 Å². The number of rotatable bonds is 2. The lowest BCUT2D eigenvalue weighted by Gasteiger charge is -2.26. The van der Waals surface area contributed by atoms with Crippen LogP contribution in [0, 0.1) is 0 Å². The second kappa shape index (κ2) is 5.44. The minimum atomic E-state index is 0.115. The van der Waals surface area contributed by atoms with E-state index in [9.17, 15) is 4.79 Å². The highest BCUT2D eigenvalue weighted by Gasteiger charge is 2.25. The highest BCUT2D eigenvalue weighted by Crippen LogP contribution is 2.24. The van der Waals surface area contributed by atoms with Gasteiger partial charge in [0.05, 0.1) is 6.20 Å². The molecular formula is C18H19N3O. The van der Waals surface area contributed by atoms with Gasteiger partial charge in [-0.15, -0.1) is 0 Å². The largest absolute Gasteiger partial charge is 0.333 e. The van der Waals surface area contributed by atoms with Crippen LogP contribution < -0.4 is 0 Å². The van der Waals surface area contributed by atoms with Gasteiger partial charge in [0.2, 0.25) is 0 Å². The van der Waals surface area contributed by atoms with Crippen molar-refractivity contribution in [2.75, 3.05) is 13.1 Å². The predicted molar refractivity (Wildman–Crippen MR) is 85.5 cm³/mol. The summed E-state index contributed by atoms with van der Waals surface area (Å²) >= 11 is 0. The summed E-state index contributed by atoms with van der Waals surface area (Å²) in [6.45, 7) is 2.39. The van der Waals surface area contributed by atoms with Crippen LogP contribution in [0.2, 0.25) is 0 Å². The van der Waals surface area contributed by atoms with E-state index in [1.807, 2.05) is 11.0 Å². The topological polar surface area (TPSA) is 38.1 Å². The van der Waals surface area contributed by atoms with E-state index in [2.05, 4.69) is 39.9 Å². The molecular weight excluding hydrogens is 274 g/mol. The highest BCUT2D eigenvalue weighted by molar-refractivity contribution is 5.93. The molecule has 0 saturated heterocycles. The molecule has 2 aliphatic heterocycles. The van der Waals surface area contributed by atoms with Crippen LogP contribution in [0.4, 0.5) is 0 Å². The van der Waals surface area contributed by atoms with E-state index in [1.54, 1.807) is 6.20 Å². The van der Waals surface area contributed by atoms with Crippen molar-refractivity contribution in [3.8, 4) is 0 Å². The first-order valence-electron chi connectivity index (χ1n) is 7.91. The lowest BCUT2D eigenvalue weighted by atomic mass is 9.99. The van der Waals surface area contributed by atoms with E-state index in [0.29, 0.717) is 6.54 Å². The molecule has 0 spiro atoms. The third-order valence-corrected chi connectivity index (χ3v) is 4.58. The molecule has 22 heavy (non-hydrogen) atoms. The third kappa shape index (κ3) is 2.25. The molecule has 112 valence electrons. The Morgan fingerprint density at radius 1 is 1.09 bits per heavy atom. The summed E-state index contributed by atoms with van der Waals surface area (Å²) in [5.41, 5.74) is 3.35. The number of benzene rings is 1. The van der Waals surface area contributed by atoms with Gasteiger partial charge in [-0.2, -0.15) is 0 Å². The Balaban J connectivity index is 1.51. The van der Waals surface area contributed by atoms with E-state index < -0.39 is 0 Å². The number of carbonyl (C=O) groups is 1. The van der Waals surface area contributed by atoms with Crippen molar-refractivity contribution in [1.29, 1.82) is 0 Å². The van der Waals surface area contributed by atoms with Crippen molar-refractivity contribution >= 4 is 11.5 Å². The van der Waals surface area contributed by atoms with Crippen LogP contribution in [-0.4, -0.2) is 33.4 Å². The van der Waals surface area contributed by atoms with Gasteiger partial charge in [-0.1, -0.05) is 36.4 Å². The van der Waals surface area contributed by atoms with Crippen LogP contribution in [0.1, 0.15) is 34.7 Å². The lowest BCUT2D eigenvalue weighted by Crippen LogP contribution is -2.35. The first-order valence-corrected chi connectivity index (χ1v) is 7.91. The quantitative estimate of drug-likeness (QED) is 0.854. The summed E-state index contributed by atoms with van der Waals surface area (Å²) in [6.07, 6.45) is 6.93. The molecule has 4 rings (SSSR count). The van der Waals surface area contributed by atoms with Crippen LogP contribution in [0.3, 0.4) is 0 Å². The maximum atomic E-state index is 12.7. The molecule has 2 aliphatic rings. The molecule has 1 aromatic heterocycles. The Morgan fingerprint density at radius 3 is 2.73 bits per heavy atom. The van der Waals surface area contributed by atoms with Gasteiger partial charge in [0.25, 0.3) is 5.91 Å². The SMILES string of the molecule is O=C(c1cnc2n1CCC2)N1CC=C(c2ccccc2)CC1. The molecule has 0 saturated carbocycles. The van der Waals surface area contributed by atoms with Crippen LogP contribution in [0.25, 0.3) is 5.57 Å². The Morgan fingerprint density at radius 2 is 1.95 bits per heavy atom. The van der Waals surface area contributed by atoms with Gasteiger partial charge < -0.3 is 9.47 Å². The van der Waals surface area contributed by atoms with Crippen molar-refractivity contribution in [3.63, 3.8) is 0 Å². The van der Waals surface area contributed by atoms with Crippen molar-refractivity contribution in [1.82, 2.24) is 14.5 Å². The van der Waals surface area contributed by atoms with E-state index in [0.717, 1.165) is 43.9 Å². The summed E-state index contributed by atoms with van der Waals surface area (Å²) in [5.74, 6) is 1.17. The van der Waals surface area contributed by atoms with E-state index in [-0.39, 0.29) is 5.91 Å². The minimum Gasteiger partial charge on any atom is -0.333 e. The van der Waals surface area contributed by atoms with Crippen LogP contribution in [-0.2, 0) is 13.0 Å². The molecule has 0 fully saturated rings. The zero-order valence-electron chi connectivity index (χ0n) is 12.5. The van der Waals surface area contributed by atoms with Gasteiger partial charge in [0.1, 0.15) is 11.5 Å². The fraction of sp³-hybridized carbons (Fsp3) is 0.333. The Labute approximate surface area is 130 Å². The lowest BCUT2D eigenvalue weighted by molar-refractivity contribution is 0.0762. The average Bonchev–Trinajstić information content (AvgIpc) is 3.18. The zero-order valence-corrected chi connectivity index (χ0v) is 12.5. The van der Waals surface area contributed by atoms with Crippen LogP contribution in [0.15, 0.2) is 42.6 Å². The van der Waals surface area contributed by atoms with Crippen molar-refractivity contribution in [2.45, 2.75) is 25.8 Å². The number of fused-ring (bicyclic) bond motifs is 1. The van der Waals surface area contributed by atoms with Crippen LogP contribution in [0.5, 0.6) is 0 Å². The van der Waals surface area contributed by atoms with Gasteiger partial charge in [-0.05, 0) is 24.0 Å². The molecule has 0 N–H and O–H groups in total. The molecule has 0 bridgehead atoms. The summed E-state index contributed by atoms with van der Waals surface area (Å²) in [5, 5.41) is 0. The number of hydrogen-bond acceptors (Lipinski definition) is 2. The van der Waals surface area contributed by atoms with Crippen molar-refractivity contribution in [2.24, 2.45) is 0 Å². The van der Waals surface area contributed by atoms with Crippen molar-refractivity contribution in [3.05, 3.63) is 59.7 Å². The zero-order chi connectivity index (χ0) is 14.9. The normalized spacial score (nSPS) is 17.3. The van der Waals surface area contributed by atoms with Crippen molar-refractivity contribution < 1.29 is 4.79 Å². The number of nitrogens with zero attached hydrogens (tertiary/aromatic N) is 3. The molecule has 3 heterocycles. The number of hydrogen-bond donors (Lipinski definition) is 0. The van der Waals surface area contributed by atoms with Gasteiger partial charge in [0, 0.05) is 26.1 Å². The maximum Gasteiger partial charge on any atom is 0.272 e. The number of aryl methyl sites for hydroxylation is 1. The second-order valence-corrected chi connectivity index (χ2v) is 5.91. The Kier molecular flexibility index (Phi) is 3.29. The molecule has 1 amide bonds. The predicted octanol–water partition coefficient (Wildman–Crippen LogP) is 2.76. The summed E-state index contributed by atoms with van der Waals surface area (Å²) in [6, 6.07) is 10.4. The molecule has 0 aliphatic carbocycles. The molecule has 0 atom stereocenters. The Hall–Kier alpha value is -2.36. The number of amides is 1. The fourth-order valence-corrected chi connectivity index (χ4v) is 3.36. The summed E-state index contributed by atoms with van der Waals surface area (Å²) < 4.78 is 2.08. The molecule has 0 radical (unpaired) electrons. The maximum absolute atomic E-state index is 12.7. The molecule has 4 nitrogen and oxygen atoms in total. The van der Waals surface area contributed by atoms with E-state index in [4.69, 9.17) is 0 Å². The second-order valence-electron chi connectivity index (χ2n) is 5.91. The minimum absolute atomic E-state index is 0.115.